The number of anilines is 1. The van der Waals surface area contributed by atoms with Crippen LogP contribution in [0.5, 0.6) is 0 Å². The third kappa shape index (κ3) is 3.09. The van der Waals surface area contributed by atoms with Crippen molar-refractivity contribution in [1.82, 2.24) is 14.8 Å². The van der Waals surface area contributed by atoms with E-state index >= 15 is 0 Å². The van der Waals surface area contributed by atoms with Crippen molar-refractivity contribution in [2.75, 3.05) is 44.7 Å². The molecule has 0 bridgehead atoms. The van der Waals surface area contributed by atoms with E-state index < -0.39 is 0 Å². The molecule has 2 saturated heterocycles. The van der Waals surface area contributed by atoms with Crippen molar-refractivity contribution in [3.8, 4) is 0 Å². The molecular formula is C15H22N4O2S. The zero-order valence-electron chi connectivity index (χ0n) is 13.1. The summed E-state index contributed by atoms with van der Waals surface area (Å²) < 4.78 is 0. The van der Waals surface area contributed by atoms with Gasteiger partial charge in [-0.25, -0.2) is 4.98 Å². The lowest BCUT2D eigenvalue weighted by Gasteiger charge is -2.37. The number of nitrogens with zero attached hydrogens (tertiary/aromatic N) is 4. The van der Waals surface area contributed by atoms with Gasteiger partial charge < -0.3 is 14.7 Å². The topological polar surface area (TPSA) is 56.8 Å². The van der Waals surface area contributed by atoms with Crippen molar-refractivity contribution in [3.05, 3.63) is 11.1 Å². The maximum Gasteiger partial charge on any atom is 0.226 e. The first kappa shape index (κ1) is 15.3. The Morgan fingerprint density at radius 1 is 1.27 bits per heavy atom. The minimum absolute atomic E-state index is 0.0847. The molecule has 1 aromatic heterocycles. The third-order valence-electron chi connectivity index (χ3n) is 4.48. The molecule has 0 unspecified atom stereocenters. The molecule has 0 N–H and O–H groups in total. The molecule has 2 aliphatic rings. The Morgan fingerprint density at radius 3 is 2.59 bits per heavy atom. The lowest BCUT2D eigenvalue weighted by atomic mass is 9.95. The van der Waals surface area contributed by atoms with Crippen molar-refractivity contribution in [3.63, 3.8) is 0 Å². The van der Waals surface area contributed by atoms with Crippen LogP contribution < -0.4 is 4.90 Å². The summed E-state index contributed by atoms with van der Waals surface area (Å²) in [5, 5.41) is 3.09. The van der Waals surface area contributed by atoms with Crippen LogP contribution in [0.4, 0.5) is 5.13 Å². The second kappa shape index (κ2) is 6.24. The van der Waals surface area contributed by atoms with E-state index in [0.717, 1.165) is 43.4 Å². The second-order valence-corrected chi connectivity index (χ2v) is 6.93. The van der Waals surface area contributed by atoms with E-state index in [4.69, 9.17) is 0 Å². The molecule has 3 rings (SSSR count). The van der Waals surface area contributed by atoms with Crippen LogP contribution >= 0.6 is 11.3 Å². The summed E-state index contributed by atoms with van der Waals surface area (Å²) in [4.78, 5) is 34.7. The Hall–Kier alpha value is -1.63. The fourth-order valence-corrected chi connectivity index (χ4v) is 3.87. The molecule has 0 saturated carbocycles. The molecule has 2 amide bonds. The monoisotopic (exact) mass is 322 g/mol. The number of aryl methyl sites for hydroxylation is 1. The number of piperazine rings is 1. The molecule has 0 aromatic carbocycles. The number of carbonyl (C=O) groups excluding carboxylic acids is 2. The number of hydrogen-bond donors (Lipinski definition) is 0. The highest BCUT2D eigenvalue weighted by molar-refractivity contribution is 7.13. The van der Waals surface area contributed by atoms with Crippen LogP contribution in [-0.4, -0.2) is 66.4 Å². The molecule has 1 atom stereocenters. The summed E-state index contributed by atoms with van der Waals surface area (Å²) in [5.74, 6) is 0.107. The summed E-state index contributed by atoms with van der Waals surface area (Å²) in [6, 6.07) is 0. The number of hydrogen-bond acceptors (Lipinski definition) is 5. The fraction of sp³-hybridized carbons (Fsp3) is 0.667. The normalized spacial score (nSPS) is 23.1. The third-order valence-corrected chi connectivity index (χ3v) is 5.50. The van der Waals surface area contributed by atoms with E-state index in [0.29, 0.717) is 13.0 Å². The highest BCUT2D eigenvalue weighted by Crippen LogP contribution is 2.24. The van der Waals surface area contributed by atoms with Gasteiger partial charge in [-0.3, -0.25) is 9.59 Å². The first-order chi connectivity index (χ1) is 10.5. The molecule has 0 radical (unpaired) electrons. The standard InChI is InChI=1S/C15H22N4O2S/c1-11-10-22-15(16-11)19-7-5-18(6-8-19)14(21)12-3-4-17(2)13(20)9-12/h10,12H,3-9H2,1-2H3/t12-/m0/s1. The van der Waals surface area contributed by atoms with Crippen LogP contribution in [0.2, 0.25) is 0 Å². The average molecular weight is 322 g/mol. The number of carbonyl (C=O) groups is 2. The van der Waals surface area contributed by atoms with Crippen LogP contribution in [0.15, 0.2) is 5.38 Å². The molecule has 120 valence electrons. The van der Waals surface area contributed by atoms with Crippen molar-refractivity contribution >= 4 is 28.3 Å². The minimum Gasteiger partial charge on any atom is -0.346 e. The molecular weight excluding hydrogens is 300 g/mol. The number of piperidine rings is 1. The van der Waals surface area contributed by atoms with Gasteiger partial charge in [-0.2, -0.15) is 0 Å². The van der Waals surface area contributed by atoms with Crippen molar-refractivity contribution < 1.29 is 9.59 Å². The summed E-state index contributed by atoms with van der Waals surface area (Å²) in [6.45, 7) is 5.76. The molecule has 0 spiro atoms. The van der Waals surface area contributed by atoms with Gasteiger partial charge in [0, 0.05) is 57.5 Å². The molecule has 22 heavy (non-hydrogen) atoms. The van der Waals surface area contributed by atoms with E-state index in [1.807, 2.05) is 11.8 Å². The van der Waals surface area contributed by atoms with Gasteiger partial charge in [0.15, 0.2) is 5.13 Å². The number of likely N-dealkylation sites (tertiary alicyclic amines) is 1. The van der Waals surface area contributed by atoms with Crippen molar-refractivity contribution in [1.29, 1.82) is 0 Å². The number of thiazole rings is 1. The SMILES string of the molecule is Cc1csc(N2CCN(C(=O)[C@H]3CCN(C)C(=O)C3)CC2)n1. The van der Waals surface area contributed by atoms with Gasteiger partial charge in [0.25, 0.3) is 0 Å². The Labute approximate surface area is 134 Å². The maximum atomic E-state index is 12.6. The van der Waals surface area contributed by atoms with E-state index in [1.165, 1.54) is 0 Å². The van der Waals surface area contributed by atoms with E-state index in [9.17, 15) is 9.59 Å². The maximum absolute atomic E-state index is 12.6. The van der Waals surface area contributed by atoms with E-state index in [-0.39, 0.29) is 17.7 Å². The predicted octanol–water partition coefficient (Wildman–Crippen LogP) is 0.969. The summed E-state index contributed by atoms with van der Waals surface area (Å²) in [6.07, 6.45) is 1.15. The summed E-state index contributed by atoms with van der Waals surface area (Å²) >= 11 is 1.66. The predicted molar refractivity (Wildman–Crippen MR) is 86.0 cm³/mol. The van der Waals surface area contributed by atoms with Gasteiger partial charge in [0.05, 0.1) is 5.69 Å². The van der Waals surface area contributed by atoms with Gasteiger partial charge in [-0.15, -0.1) is 11.3 Å². The Morgan fingerprint density at radius 2 is 2.00 bits per heavy atom. The Bertz CT molecular complexity index is 566. The van der Waals surface area contributed by atoms with Crippen LogP contribution in [0.25, 0.3) is 0 Å². The highest BCUT2D eigenvalue weighted by atomic mass is 32.1. The second-order valence-electron chi connectivity index (χ2n) is 6.09. The van der Waals surface area contributed by atoms with Gasteiger partial charge in [-0.1, -0.05) is 0 Å². The van der Waals surface area contributed by atoms with Crippen molar-refractivity contribution in [2.45, 2.75) is 19.8 Å². The molecule has 0 aliphatic carbocycles. The number of aromatic nitrogens is 1. The lowest BCUT2D eigenvalue weighted by molar-refractivity contribution is -0.144. The number of amides is 2. The molecule has 7 heteroatoms. The molecule has 3 heterocycles. The molecule has 2 fully saturated rings. The highest BCUT2D eigenvalue weighted by Gasteiger charge is 2.33. The molecule has 6 nitrogen and oxygen atoms in total. The van der Waals surface area contributed by atoms with Gasteiger partial charge >= 0.3 is 0 Å². The minimum atomic E-state index is -0.127. The summed E-state index contributed by atoms with van der Waals surface area (Å²) in [5.41, 5.74) is 1.04. The largest absolute Gasteiger partial charge is 0.346 e. The van der Waals surface area contributed by atoms with Crippen LogP contribution in [-0.2, 0) is 9.59 Å². The van der Waals surface area contributed by atoms with Crippen LogP contribution in [0.1, 0.15) is 18.5 Å². The lowest BCUT2D eigenvalue weighted by Crippen LogP contribution is -2.52. The average Bonchev–Trinajstić information content (AvgIpc) is 2.96. The number of rotatable bonds is 2. The van der Waals surface area contributed by atoms with Crippen molar-refractivity contribution in [2.24, 2.45) is 5.92 Å². The van der Waals surface area contributed by atoms with Gasteiger partial charge in [0.1, 0.15) is 0 Å². The van der Waals surface area contributed by atoms with E-state index in [2.05, 4.69) is 15.3 Å². The Kier molecular flexibility index (Phi) is 4.33. The first-order valence-corrected chi connectivity index (χ1v) is 8.62. The molecule has 2 aliphatic heterocycles. The zero-order valence-corrected chi connectivity index (χ0v) is 13.9. The van der Waals surface area contributed by atoms with Crippen LogP contribution in [0.3, 0.4) is 0 Å². The van der Waals surface area contributed by atoms with Crippen LogP contribution in [0, 0.1) is 12.8 Å². The van der Waals surface area contributed by atoms with Gasteiger partial charge in [-0.05, 0) is 13.3 Å². The first-order valence-electron chi connectivity index (χ1n) is 7.74. The molecule has 1 aromatic rings. The Balaban J connectivity index is 1.55. The fourth-order valence-electron chi connectivity index (χ4n) is 3.02. The quantitative estimate of drug-likeness (QED) is 0.814. The zero-order chi connectivity index (χ0) is 15.7. The summed E-state index contributed by atoms with van der Waals surface area (Å²) in [7, 11) is 1.80. The van der Waals surface area contributed by atoms with E-state index in [1.54, 1.807) is 23.3 Å². The smallest absolute Gasteiger partial charge is 0.226 e. The van der Waals surface area contributed by atoms with Gasteiger partial charge in [0.2, 0.25) is 11.8 Å².